The van der Waals surface area contributed by atoms with Crippen LogP contribution in [0.4, 0.5) is 0 Å². The summed E-state index contributed by atoms with van der Waals surface area (Å²) in [5.41, 5.74) is 0. The second-order valence-corrected chi connectivity index (χ2v) is 4.81. The number of ether oxygens (including phenoxy) is 1. The van der Waals surface area contributed by atoms with E-state index in [1.54, 1.807) is 0 Å². The molecule has 1 saturated carbocycles. The van der Waals surface area contributed by atoms with Crippen LogP contribution in [0.3, 0.4) is 0 Å². The van der Waals surface area contributed by atoms with Gasteiger partial charge in [0.2, 0.25) is 0 Å². The van der Waals surface area contributed by atoms with E-state index in [2.05, 4.69) is 6.58 Å². The summed E-state index contributed by atoms with van der Waals surface area (Å²) in [6.45, 7) is 3.80. The first kappa shape index (κ1) is 10.2. The second kappa shape index (κ2) is 4.97. The van der Waals surface area contributed by atoms with Crippen molar-refractivity contribution in [3.8, 4) is 0 Å². The van der Waals surface area contributed by atoms with E-state index in [1.165, 1.54) is 44.9 Å². The molecule has 0 aromatic carbocycles. The van der Waals surface area contributed by atoms with Gasteiger partial charge < -0.3 is 4.74 Å². The molecule has 0 spiro atoms. The zero-order valence-corrected chi connectivity index (χ0v) is 9.08. The van der Waals surface area contributed by atoms with Gasteiger partial charge in [-0.2, -0.15) is 0 Å². The Hall–Kier alpha value is -0.300. The highest BCUT2D eigenvalue weighted by Gasteiger charge is 2.33. The Bertz CT molecular complexity index is 172. The molecular weight excluding hydrogens is 172 g/mol. The van der Waals surface area contributed by atoms with Crippen molar-refractivity contribution >= 4 is 0 Å². The molecule has 1 heterocycles. The SMILES string of the molecule is C=CC[C@H]1C[C@@H]2CCCCCC[C@H]2O1. The fraction of sp³-hybridized carbons (Fsp3) is 0.846. The molecular formula is C13H22O. The first-order valence-corrected chi connectivity index (χ1v) is 6.16. The molecule has 2 aliphatic rings. The van der Waals surface area contributed by atoms with Gasteiger partial charge in [0.1, 0.15) is 0 Å². The van der Waals surface area contributed by atoms with Crippen molar-refractivity contribution < 1.29 is 4.74 Å². The number of hydrogen-bond donors (Lipinski definition) is 0. The Kier molecular flexibility index (Phi) is 3.63. The molecule has 0 radical (unpaired) electrons. The van der Waals surface area contributed by atoms with E-state index in [1.807, 2.05) is 6.08 Å². The Morgan fingerprint density at radius 1 is 1.14 bits per heavy atom. The average molecular weight is 194 g/mol. The van der Waals surface area contributed by atoms with E-state index < -0.39 is 0 Å². The van der Waals surface area contributed by atoms with Gasteiger partial charge in [-0.3, -0.25) is 0 Å². The van der Waals surface area contributed by atoms with Crippen molar-refractivity contribution in [1.29, 1.82) is 0 Å². The van der Waals surface area contributed by atoms with Crippen LogP contribution in [0.2, 0.25) is 0 Å². The van der Waals surface area contributed by atoms with E-state index in [0.29, 0.717) is 12.2 Å². The van der Waals surface area contributed by atoms with Crippen LogP contribution >= 0.6 is 0 Å². The third kappa shape index (κ3) is 2.38. The minimum atomic E-state index is 0.487. The summed E-state index contributed by atoms with van der Waals surface area (Å²) in [5, 5.41) is 0. The van der Waals surface area contributed by atoms with Crippen LogP contribution in [-0.2, 0) is 4.74 Å². The Morgan fingerprint density at radius 2 is 1.93 bits per heavy atom. The first-order chi connectivity index (χ1) is 6.90. The Labute approximate surface area is 87.5 Å². The lowest BCUT2D eigenvalue weighted by molar-refractivity contribution is 0.0264. The zero-order chi connectivity index (χ0) is 9.80. The molecule has 14 heavy (non-hydrogen) atoms. The molecule has 2 fully saturated rings. The number of fused-ring (bicyclic) bond motifs is 1. The van der Waals surface area contributed by atoms with Crippen molar-refractivity contribution in [3.63, 3.8) is 0 Å². The molecule has 1 aliphatic carbocycles. The number of hydrogen-bond acceptors (Lipinski definition) is 1. The van der Waals surface area contributed by atoms with Gasteiger partial charge in [0.05, 0.1) is 12.2 Å². The van der Waals surface area contributed by atoms with Crippen LogP contribution in [-0.4, -0.2) is 12.2 Å². The van der Waals surface area contributed by atoms with Gasteiger partial charge in [-0.1, -0.05) is 31.8 Å². The van der Waals surface area contributed by atoms with Crippen molar-refractivity contribution in [3.05, 3.63) is 12.7 Å². The second-order valence-electron chi connectivity index (χ2n) is 4.81. The van der Waals surface area contributed by atoms with Crippen molar-refractivity contribution in [1.82, 2.24) is 0 Å². The van der Waals surface area contributed by atoms with Crippen LogP contribution < -0.4 is 0 Å². The van der Waals surface area contributed by atoms with Gasteiger partial charge in [-0.25, -0.2) is 0 Å². The van der Waals surface area contributed by atoms with E-state index in [-0.39, 0.29) is 0 Å². The Balaban J connectivity index is 1.88. The largest absolute Gasteiger partial charge is 0.374 e. The van der Waals surface area contributed by atoms with E-state index in [4.69, 9.17) is 4.74 Å². The molecule has 0 bridgehead atoms. The molecule has 80 valence electrons. The molecule has 1 heteroatoms. The van der Waals surface area contributed by atoms with Gasteiger partial charge in [0.15, 0.2) is 0 Å². The summed E-state index contributed by atoms with van der Waals surface area (Å²) in [4.78, 5) is 0. The van der Waals surface area contributed by atoms with Gasteiger partial charge in [-0.15, -0.1) is 6.58 Å². The van der Waals surface area contributed by atoms with Crippen molar-refractivity contribution in [2.24, 2.45) is 5.92 Å². The average Bonchev–Trinajstić information content (AvgIpc) is 2.48. The highest BCUT2D eigenvalue weighted by molar-refractivity contribution is 4.86. The molecule has 1 aliphatic heterocycles. The summed E-state index contributed by atoms with van der Waals surface area (Å²) in [6.07, 6.45) is 13.8. The van der Waals surface area contributed by atoms with Gasteiger partial charge >= 0.3 is 0 Å². The fourth-order valence-electron chi connectivity index (χ4n) is 2.95. The molecule has 1 saturated heterocycles. The highest BCUT2D eigenvalue weighted by Crippen LogP contribution is 2.36. The minimum Gasteiger partial charge on any atom is -0.374 e. The summed E-state index contributed by atoms with van der Waals surface area (Å²) in [5.74, 6) is 0.861. The highest BCUT2D eigenvalue weighted by atomic mass is 16.5. The van der Waals surface area contributed by atoms with E-state index in [0.717, 1.165) is 12.3 Å². The molecule has 3 atom stereocenters. The normalized spacial score (nSPS) is 38.4. The number of rotatable bonds is 2. The molecule has 0 aromatic heterocycles. The topological polar surface area (TPSA) is 9.23 Å². The van der Waals surface area contributed by atoms with Crippen LogP contribution in [0.15, 0.2) is 12.7 Å². The van der Waals surface area contributed by atoms with Gasteiger partial charge in [0.25, 0.3) is 0 Å². The van der Waals surface area contributed by atoms with Gasteiger partial charge in [-0.05, 0) is 31.6 Å². The summed E-state index contributed by atoms with van der Waals surface area (Å²) >= 11 is 0. The zero-order valence-electron chi connectivity index (χ0n) is 9.08. The quantitative estimate of drug-likeness (QED) is 0.609. The summed E-state index contributed by atoms with van der Waals surface area (Å²) < 4.78 is 6.07. The third-order valence-corrected chi connectivity index (χ3v) is 3.70. The van der Waals surface area contributed by atoms with Gasteiger partial charge in [0, 0.05) is 0 Å². The van der Waals surface area contributed by atoms with Crippen LogP contribution in [0.25, 0.3) is 0 Å². The molecule has 0 amide bonds. The van der Waals surface area contributed by atoms with Crippen LogP contribution in [0, 0.1) is 5.92 Å². The Morgan fingerprint density at radius 3 is 2.71 bits per heavy atom. The maximum Gasteiger partial charge on any atom is 0.0616 e. The van der Waals surface area contributed by atoms with Crippen molar-refractivity contribution in [2.45, 2.75) is 63.6 Å². The first-order valence-electron chi connectivity index (χ1n) is 6.16. The third-order valence-electron chi connectivity index (χ3n) is 3.70. The lowest BCUT2D eigenvalue weighted by Gasteiger charge is -2.20. The van der Waals surface area contributed by atoms with Crippen LogP contribution in [0.5, 0.6) is 0 Å². The predicted octanol–water partition coefficient (Wildman–Crippen LogP) is 3.69. The molecule has 0 unspecified atom stereocenters. The molecule has 1 nitrogen and oxygen atoms in total. The molecule has 0 aromatic rings. The predicted molar refractivity (Wildman–Crippen MR) is 59.3 cm³/mol. The standard InChI is InChI=1S/C13H22O/c1-2-7-12-10-11-8-5-3-4-6-9-13(11)14-12/h2,11-13H,1,3-10H2/t11-,12-,13+/m0/s1. The van der Waals surface area contributed by atoms with Crippen LogP contribution in [0.1, 0.15) is 51.4 Å². The fourth-order valence-corrected chi connectivity index (χ4v) is 2.95. The summed E-state index contributed by atoms with van der Waals surface area (Å²) in [7, 11) is 0. The molecule has 0 N–H and O–H groups in total. The summed E-state index contributed by atoms with van der Waals surface area (Å²) in [6, 6.07) is 0. The van der Waals surface area contributed by atoms with E-state index >= 15 is 0 Å². The van der Waals surface area contributed by atoms with E-state index in [9.17, 15) is 0 Å². The maximum atomic E-state index is 6.07. The van der Waals surface area contributed by atoms with Crippen molar-refractivity contribution in [2.75, 3.05) is 0 Å². The monoisotopic (exact) mass is 194 g/mol. The smallest absolute Gasteiger partial charge is 0.0616 e. The molecule has 2 rings (SSSR count). The lowest BCUT2D eigenvalue weighted by atomic mass is 9.87. The lowest BCUT2D eigenvalue weighted by Crippen LogP contribution is -2.17. The minimum absolute atomic E-state index is 0.487. The maximum absolute atomic E-state index is 6.07.